The van der Waals surface area contributed by atoms with Gasteiger partial charge in [-0.2, -0.15) is 0 Å². The zero-order valence-corrected chi connectivity index (χ0v) is 9.75. The molecule has 0 aliphatic carbocycles. The van der Waals surface area contributed by atoms with Crippen molar-refractivity contribution in [1.29, 1.82) is 0 Å². The van der Waals surface area contributed by atoms with Crippen molar-refractivity contribution < 1.29 is 19.1 Å². The first-order valence-corrected chi connectivity index (χ1v) is 5.02. The van der Waals surface area contributed by atoms with Gasteiger partial charge in [-0.15, -0.1) is 0 Å². The zero-order chi connectivity index (χ0) is 11.8. The minimum Gasteiger partial charge on any atom is -0.463 e. The molecule has 0 rings (SSSR count). The van der Waals surface area contributed by atoms with Gasteiger partial charge in [-0.05, 0) is 25.8 Å². The van der Waals surface area contributed by atoms with Crippen LogP contribution in [0.1, 0.15) is 34.1 Å². The third kappa shape index (κ3) is 5.20. The maximum Gasteiger partial charge on any atom is 0.334 e. The average Bonchev–Trinajstić information content (AvgIpc) is 2.16. The fraction of sp³-hybridized carbons (Fsp3) is 0.636. The van der Waals surface area contributed by atoms with E-state index in [4.69, 9.17) is 9.47 Å². The minimum absolute atomic E-state index is 0.150. The van der Waals surface area contributed by atoms with E-state index in [2.05, 4.69) is 0 Å². The third-order valence-electron chi connectivity index (χ3n) is 1.88. The molecule has 0 aromatic heterocycles. The number of hydrogen-bond donors (Lipinski definition) is 0. The topological polar surface area (TPSA) is 52.6 Å². The summed E-state index contributed by atoms with van der Waals surface area (Å²) >= 11 is 0. The van der Waals surface area contributed by atoms with Gasteiger partial charge < -0.3 is 9.47 Å². The van der Waals surface area contributed by atoms with E-state index < -0.39 is 0 Å². The predicted molar refractivity (Wildman–Crippen MR) is 56.3 cm³/mol. The van der Waals surface area contributed by atoms with Gasteiger partial charge in [0.1, 0.15) is 6.61 Å². The Kier molecular flexibility index (Phi) is 6.42. The van der Waals surface area contributed by atoms with Crippen LogP contribution in [0.3, 0.4) is 0 Å². The molecule has 0 unspecified atom stereocenters. The van der Waals surface area contributed by atoms with Gasteiger partial charge in [-0.25, -0.2) is 4.79 Å². The van der Waals surface area contributed by atoms with Gasteiger partial charge >= 0.3 is 11.9 Å². The highest BCUT2D eigenvalue weighted by atomic mass is 16.5. The minimum atomic E-state index is -0.353. The van der Waals surface area contributed by atoms with Gasteiger partial charge in [0.2, 0.25) is 0 Å². The third-order valence-corrected chi connectivity index (χ3v) is 1.88. The lowest BCUT2D eigenvalue weighted by molar-refractivity contribution is -0.141. The van der Waals surface area contributed by atoms with Crippen LogP contribution in [0.2, 0.25) is 0 Å². The molecule has 0 bridgehead atoms. The van der Waals surface area contributed by atoms with Crippen molar-refractivity contribution in [3.05, 3.63) is 11.1 Å². The average molecular weight is 214 g/mol. The SMILES string of the molecule is CCOC(=O)C(CC)=C(C)COC(C)=O. The lowest BCUT2D eigenvalue weighted by atomic mass is 10.1. The quantitative estimate of drug-likeness (QED) is 0.517. The molecule has 0 aliphatic rings. The van der Waals surface area contributed by atoms with Crippen molar-refractivity contribution in [3.8, 4) is 0 Å². The predicted octanol–water partition coefficient (Wildman–Crippen LogP) is 1.84. The summed E-state index contributed by atoms with van der Waals surface area (Å²) in [5, 5.41) is 0. The van der Waals surface area contributed by atoms with Crippen molar-refractivity contribution in [2.45, 2.75) is 34.1 Å². The van der Waals surface area contributed by atoms with Gasteiger partial charge in [-0.3, -0.25) is 4.79 Å². The summed E-state index contributed by atoms with van der Waals surface area (Å²) in [6.45, 7) is 7.22. The molecule has 4 heteroatoms. The second kappa shape index (κ2) is 7.04. The standard InChI is InChI=1S/C11H18O4/c1-5-10(11(13)14-6-2)8(3)7-15-9(4)12/h5-7H2,1-4H3. The molecule has 86 valence electrons. The molecular formula is C11H18O4. The van der Waals surface area contributed by atoms with Crippen molar-refractivity contribution in [3.63, 3.8) is 0 Å². The van der Waals surface area contributed by atoms with Crippen molar-refractivity contribution >= 4 is 11.9 Å². The number of carbonyl (C=O) groups excluding carboxylic acids is 2. The summed E-state index contributed by atoms with van der Waals surface area (Å²) in [4.78, 5) is 22.0. The van der Waals surface area contributed by atoms with Crippen LogP contribution in [-0.4, -0.2) is 25.2 Å². The highest BCUT2D eigenvalue weighted by molar-refractivity contribution is 5.89. The van der Waals surface area contributed by atoms with E-state index in [-0.39, 0.29) is 18.5 Å². The maximum absolute atomic E-state index is 11.4. The number of hydrogen-bond acceptors (Lipinski definition) is 4. The van der Waals surface area contributed by atoms with Crippen LogP contribution in [-0.2, 0) is 19.1 Å². The Hall–Kier alpha value is -1.32. The molecule has 0 aromatic carbocycles. The summed E-state index contributed by atoms with van der Waals surface area (Å²) in [6.07, 6.45) is 0.575. The molecule has 15 heavy (non-hydrogen) atoms. The molecule has 0 saturated carbocycles. The zero-order valence-electron chi connectivity index (χ0n) is 9.75. The van der Waals surface area contributed by atoms with Gasteiger partial charge in [-0.1, -0.05) is 6.92 Å². The van der Waals surface area contributed by atoms with Crippen LogP contribution in [0, 0.1) is 0 Å². The molecule has 0 aromatic rings. The highest BCUT2D eigenvalue weighted by Gasteiger charge is 2.12. The second-order valence-electron chi connectivity index (χ2n) is 3.11. The van der Waals surface area contributed by atoms with Gasteiger partial charge in [0.15, 0.2) is 0 Å². The highest BCUT2D eigenvalue weighted by Crippen LogP contribution is 2.11. The van der Waals surface area contributed by atoms with E-state index in [0.29, 0.717) is 18.6 Å². The first-order chi connectivity index (χ1) is 7.02. The Morgan fingerprint density at radius 2 is 1.67 bits per heavy atom. The molecule has 0 fully saturated rings. The van der Waals surface area contributed by atoms with E-state index in [1.54, 1.807) is 13.8 Å². The molecule has 0 amide bonds. The maximum atomic E-state index is 11.4. The van der Waals surface area contributed by atoms with Crippen molar-refractivity contribution in [2.75, 3.05) is 13.2 Å². The van der Waals surface area contributed by atoms with Crippen LogP contribution in [0.15, 0.2) is 11.1 Å². The normalized spacial score (nSPS) is 11.7. The monoisotopic (exact) mass is 214 g/mol. The van der Waals surface area contributed by atoms with Crippen LogP contribution in [0.25, 0.3) is 0 Å². The summed E-state index contributed by atoms with van der Waals surface area (Å²) in [5.41, 5.74) is 1.32. The van der Waals surface area contributed by atoms with E-state index >= 15 is 0 Å². The Morgan fingerprint density at radius 3 is 2.07 bits per heavy atom. The van der Waals surface area contributed by atoms with Crippen molar-refractivity contribution in [1.82, 2.24) is 0 Å². The van der Waals surface area contributed by atoms with E-state index in [1.165, 1.54) is 6.92 Å². The molecule has 0 N–H and O–H groups in total. The molecule has 0 heterocycles. The molecule has 4 nitrogen and oxygen atoms in total. The molecular weight excluding hydrogens is 196 g/mol. The van der Waals surface area contributed by atoms with E-state index in [1.807, 2.05) is 6.92 Å². The molecule has 0 radical (unpaired) electrons. The van der Waals surface area contributed by atoms with E-state index in [0.717, 1.165) is 5.57 Å². The Balaban J connectivity index is 4.51. The largest absolute Gasteiger partial charge is 0.463 e. The number of carbonyl (C=O) groups is 2. The lowest BCUT2D eigenvalue weighted by Crippen LogP contribution is -2.12. The Morgan fingerprint density at radius 1 is 1.07 bits per heavy atom. The first kappa shape index (κ1) is 13.7. The van der Waals surface area contributed by atoms with Crippen LogP contribution in [0.5, 0.6) is 0 Å². The van der Waals surface area contributed by atoms with Crippen LogP contribution >= 0.6 is 0 Å². The number of esters is 2. The Labute approximate surface area is 90.2 Å². The second-order valence-corrected chi connectivity index (χ2v) is 3.11. The van der Waals surface area contributed by atoms with Crippen LogP contribution in [0.4, 0.5) is 0 Å². The summed E-state index contributed by atoms with van der Waals surface area (Å²) in [7, 11) is 0. The summed E-state index contributed by atoms with van der Waals surface area (Å²) in [6, 6.07) is 0. The van der Waals surface area contributed by atoms with Crippen LogP contribution < -0.4 is 0 Å². The number of rotatable bonds is 5. The van der Waals surface area contributed by atoms with E-state index in [9.17, 15) is 9.59 Å². The fourth-order valence-electron chi connectivity index (χ4n) is 1.14. The van der Waals surface area contributed by atoms with Gasteiger partial charge in [0.05, 0.1) is 6.61 Å². The molecule has 0 atom stereocenters. The molecule has 0 saturated heterocycles. The lowest BCUT2D eigenvalue weighted by Gasteiger charge is -2.09. The molecule has 0 spiro atoms. The molecule has 0 aliphatic heterocycles. The summed E-state index contributed by atoms with van der Waals surface area (Å²) < 4.78 is 9.70. The van der Waals surface area contributed by atoms with Crippen molar-refractivity contribution in [2.24, 2.45) is 0 Å². The number of ether oxygens (including phenoxy) is 2. The summed E-state index contributed by atoms with van der Waals surface area (Å²) in [5.74, 6) is -0.682. The Bertz CT molecular complexity index is 266. The smallest absolute Gasteiger partial charge is 0.334 e. The fourth-order valence-corrected chi connectivity index (χ4v) is 1.14. The first-order valence-electron chi connectivity index (χ1n) is 5.02. The van der Waals surface area contributed by atoms with Gasteiger partial charge in [0.25, 0.3) is 0 Å². The van der Waals surface area contributed by atoms with Gasteiger partial charge in [0, 0.05) is 12.5 Å².